The van der Waals surface area contributed by atoms with Crippen LogP contribution < -0.4 is 5.32 Å². The van der Waals surface area contributed by atoms with Crippen molar-refractivity contribution in [2.75, 3.05) is 20.3 Å². The molecule has 1 saturated carbocycles. The van der Waals surface area contributed by atoms with Crippen molar-refractivity contribution in [3.8, 4) is 0 Å². The lowest BCUT2D eigenvalue weighted by molar-refractivity contribution is -0.143. The highest BCUT2D eigenvalue weighted by Crippen LogP contribution is 2.25. The molecule has 4 heteroatoms. The maximum Gasteiger partial charge on any atom is 0.322 e. The van der Waals surface area contributed by atoms with Crippen LogP contribution in [0.3, 0.4) is 0 Å². The van der Waals surface area contributed by atoms with Gasteiger partial charge in [-0.25, -0.2) is 0 Å². The largest absolute Gasteiger partial charge is 0.468 e. The van der Waals surface area contributed by atoms with Crippen LogP contribution in [0.1, 0.15) is 46.0 Å². The molecule has 0 amide bonds. The van der Waals surface area contributed by atoms with Crippen LogP contribution >= 0.6 is 0 Å². The molecule has 0 aromatic rings. The molecule has 1 unspecified atom stereocenters. The van der Waals surface area contributed by atoms with Gasteiger partial charge in [-0.15, -0.1) is 0 Å². The average Bonchev–Trinajstić information content (AvgIpc) is 2.39. The zero-order chi connectivity index (χ0) is 13.4. The van der Waals surface area contributed by atoms with E-state index in [1.807, 2.05) is 6.92 Å². The molecule has 0 aromatic heterocycles. The molecule has 0 bridgehead atoms. The zero-order valence-corrected chi connectivity index (χ0v) is 11.9. The molecule has 0 heterocycles. The second-order valence-electron chi connectivity index (χ2n) is 5.17. The molecule has 1 N–H and O–H groups in total. The molecule has 106 valence electrons. The third-order valence-electron chi connectivity index (χ3n) is 3.66. The third-order valence-corrected chi connectivity index (χ3v) is 3.66. The summed E-state index contributed by atoms with van der Waals surface area (Å²) in [4.78, 5) is 11.5. The number of nitrogens with one attached hydrogen (secondary N) is 1. The Balaban J connectivity index is 2.19. The Hall–Kier alpha value is -0.610. The van der Waals surface area contributed by atoms with Crippen molar-refractivity contribution in [3.05, 3.63) is 0 Å². The zero-order valence-electron chi connectivity index (χ0n) is 11.9. The van der Waals surface area contributed by atoms with E-state index in [-0.39, 0.29) is 12.0 Å². The molecule has 1 fully saturated rings. The maximum atomic E-state index is 11.5. The fourth-order valence-corrected chi connectivity index (χ4v) is 2.44. The molecule has 18 heavy (non-hydrogen) atoms. The van der Waals surface area contributed by atoms with Gasteiger partial charge in [0.05, 0.1) is 13.2 Å². The number of carbonyl (C=O) groups excluding carboxylic acids is 1. The predicted molar refractivity (Wildman–Crippen MR) is 71.5 cm³/mol. The summed E-state index contributed by atoms with van der Waals surface area (Å²) in [5.74, 6) is 0.646. The SMILES string of the molecule is CCNC(CCOC1CCC(C)CC1)C(=O)OC. The van der Waals surface area contributed by atoms with Crippen molar-refractivity contribution in [2.24, 2.45) is 5.92 Å². The van der Waals surface area contributed by atoms with Crippen LogP contribution in [0, 0.1) is 5.92 Å². The first-order chi connectivity index (χ1) is 8.67. The molecule has 1 rings (SSSR count). The fraction of sp³-hybridized carbons (Fsp3) is 0.929. The van der Waals surface area contributed by atoms with E-state index < -0.39 is 0 Å². The Morgan fingerprint density at radius 2 is 2.00 bits per heavy atom. The van der Waals surface area contributed by atoms with E-state index in [1.54, 1.807) is 0 Å². The summed E-state index contributed by atoms with van der Waals surface area (Å²) in [6, 6.07) is -0.234. The normalized spacial score (nSPS) is 25.7. The smallest absolute Gasteiger partial charge is 0.322 e. The summed E-state index contributed by atoms with van der Waals surface area (Å²) in [5, 5.41) is 3.12. The Morgan fingerprint density at radius 1 is 1.33 bits per heavy atom. The van der Waals surface area contributed by atoms with Crippen molar-refractivity contribution < 1.29 is 14.3 Å². The first-order valence-corrected chi connectivity index (χ1v) is 7.10. The molecule has 0 radical (unpaired) electrons. The van der Waals surface area contributed by atoms with Crippen LogP contribution in [0.4, 0.5) is 0 Å². The van der Waals surface area contributed by atoms with E-state index in [4.69, 9.17) is 9.47 Å². The van der Waals surface area contributed by atoms with E-state index in [2.05, 4.69) is 12.2 Å². The summed E-state index contributed by atoms with van der Waals surface area (Å²) in [6.45, 7) is 5.68. The highest BCUT2D eigenvalue weighted by molar-refractivity contribution is 5.75. The highest BCUT2D eigenvalue weighted by atomic mass is 16.5. The van der Waals surface area contributed by atoms with Gasteiger partial charge in [0.15, 0.2) is 0 Å². The molecule has 4 nitrogen and oxygen atoms in total. The monoisotopic (exact) mass is 257 g/mol. The Bertz CT molecular complexity index is 237. The molecule has 1 aliphatic carbocycles. The van der Waals surface area contributed by atoms with Gasteiger partial charge in [0.1, 0.15) is 6.04 Å². The highest BCUT2D eigenvalue weighted by Gasteiger charge is 2.21. The van der Waals surface area contributed by atoms with Crippen molar-refractivity contribution in [1.29, 1.82) is 0 Å². The van der Waals surface area contributed by atoms with Crippen LogP contribution in [-0.2, 0) is 14.3 Å². The second-order valence-corrected chi connectivity index (χ2v) is 5.17. The summed E-state index contributed by atoms with van der Waals surface area (Å²) in [6.07, 6.45) is 5.92. The number of rotatable bonds is 7. The molecule has 0 aliphatic heterocycles. The van der Waals surface area contributed by atoms with Crippen molar-refractivity contribution in [1.82, 2.24) is 5.32 Å². The first kappa shape index (κ1) is 15.4. The molecule has 0 saturated heterocycles. The topological polar surface area (TPSA) is 47.6 Å². The second kappa shape index (κ2) is 8.48. The minimum absolute atomic E-state index is 0.197. The van der Waals surface area contributed by atoms with Gasteiger partial charge in [-0.1, -0.05) is 13.8 Å². The van der Waals surface area contributed by atoms with Crippen molar-refractivity contribution in [2.45, 2.75) is 58.1 Å². The Labute approximate surface area is 110 Å². The van der Waals surface area contributed by atoms with Gasteiger partial charge in [-0.2, -0.15) is 0 Å². The van der Waals surface area contributed by atoms with Gasteiger partial charge in [-0.3, -0.25) is 4.79 Å². The molecule has 1 aliphatic rings. The summed E-state index contributed by atoms with van der Waals surface area (Å²) in [5.41, 5.74) is 0. The Kier molecular flexibility index (Phi) is 7.28. The molecular formula is C14H27NO3. The average molecular weight is 257 g/mol. The lowest BCUT2D eigenvalue weighted by atomic mass is 9.89. The van der Waals surface area contributed by atoms with E-state index in [1.165, 1.54) is 20.0 Å². The molecule has 0 spiro atoms. The van der Waals surface area contributed by atoms with Crippen LogP contribution in [0.2, 0.25) is 0 Å². The number of likely N-dealkylation sites (N-methyl/N-ethyl adjacent to an activating group) is 1. The number of methoxy groups -OCH3 is 1. The molecule has 1 atom stereocenters. The van der Waals surface area contributed by atoms with Crippen molar-refractivity contribution in [3.63, 3.8) is 0 Å². The van der Waals surface area contributed by atoms with E-state index in [0.29, 0.717) is 19.1 Å². The van der Waals surface area contributed by atoms with Gasteiger partial charge in [-0.05, 0) is 44.6 Å². The summed E-state index contributed by atoms with van der Waals surface area (Å²) < 4.78 is 10.6. The van der Waals surface area contributed by atoms with Crippen LogP contribution in [0.25, 0.3) is 0 Å². The number of carbonyl (C=O) groups is 1. The third kappa shape index (κ3) is 5.36. The number of hydrogen-bond acceptors (Lipinski definition) is 4. The standard InChI is InChI=1S/C14H27NO3/c1-4-15-13(14(16)17-3)9-10-18-12-7-5-11(2)6-8-12/h11-13,15H,4-10H2,1-3H3. The van der Waals surface area contributed by atoms with Gasteiger partial charge in [0.2, 0.25) is 0 Å². The Morgan fingerprint density at radius 3 is 2.56 bits per heavy atom. The lowest BCUT2D eigenvalue weighted by Crippen LogP contribution is -2.38. The number of ether oxygens (including phenoxy) is 2. The minimum Gasteiger partial charge on any atom is -0.468 e. The van der Waals surface area contributed by atoms with Crippen molar-refractivity contribution >= 4 is 5.97 Å². The maximum absolute atomic E-state index is 11.5. The number of hydrogen-bond donors (Lipinski definition) is 1. The quantitative estimate of drug-likeness (QED) is 0.710. The van der Waals surface area contributed by atoms with Gasteiger partial charge in [0, 0.05) is 6.61 Å². The fourth-order valence-electron chi connectivity index (χ4n) is 2.44. The van der Waals surface area contributed by atoms with Gasteiger partial charge >= 0.3 is 5.97 Å². The van der Waals surface area contributed by atoms with E-state index >= 15 is 0 Å². The predicted octanol–water partition coefficient (Wildman–Crippen LogP) is 2.12. The van der Waals surface area contributed by atoms with Crippen LogP contribution in [-0.4, -0.2) is 38.4 Å². The van der Waals surface area contributed by atoms with E-state index in [9.17, 15) is 4.79 Å². The van der Waals surface area contributed by atoms with Crippen LogP contribution in [0.5, 0.6) is 0 Å². The van der Waals surface area contributed by atoms with Gasteiger partial charge < -0.3 is 14.8 Å². The summed E-state index contributed by atoms with van der Waals surface area (Å²) >= 11 is 0. The molecule has 0 aromatic carbocycles. The van der Waals surface area contributed by atoms with E-state index in [0.717, 1.165) is 25.3 Å². The minimum atomic E-state index is -0.234. The van der Waals surface area contributed by atoms with Gasteiger partial charge in [0.25, 0.3) is 0 Å². The molecular weight excluding hydrogens is 230 g/mol. The first-order valence-electron chi connectivity index (χ1n) is 7.10. The van der Waals surface area contributed by atoms with Crippen LogP contribution in [0.15, 0.2) is 0 Å². The summed E-state index contributed by atoms with van der Waals surface area (Å²) in [7, 11) is 1.43. The number of esters is 1. The lowest BCUT2D eigenvalue weighted by Gasteiger charge is -2.26.